The molecule has 0 aromatic heterocycles. The minimum atomic E-state index is -0.538. The van der Waals surface area contributed by atoms with Crippen LogP contribution in [0.15, 0.2) is 0 Å². The quantitative estimate of drug-likeness (QED) is 0.583. The molecule has 0 spiro atoms. The van der Waals surface area contributed by atoms with E-state index < -0.39 is 6.09 Å². The van der Waals surface area contributed by atoms with Gasteiger partial charge in [0.15, 0.2) is 0 Å². The largest absolute Gasteiger partial charge is 0.449 e. The Labute approximate surface area is 70.7 Å². The Morgan fingerprint density at radius 2 is 2.50 bits per heavy atom. The molecule has 0 aliphatic carbocycles. The van der Waals surface area contributed by atoms with Gasteiger partial charge in [0.25, 0.3) is 0 Å². The number of rotatable bonds is 1. The van der Waals surface area contributed by atoms with E-state index in [-0.39, 0.29) is 12.5 Å². The summed E-state index contributed by atoms with van der Waals surface area (Å²) >= 11 is 0. The lowest BCUT2D eigenvalue weighted by Crippen LogP contribution is -2.50. The van der Waals surface area contributed by atoms with E-state index in [0.29, 0.717) is 19.7 Å². The highest BCUT2D eigenvalue weighted by molar-refractivity contribution is 5.93. The molecule has 0 radical (unpaired) electrons. The number of nitrogens with zero attached hydrogens (tertiary/aromatic N) is 1. The van der Waals surface area contributed by atoms with E-state index in [4.69, 9.17) is 4.74 Å². The third kappa shape index (κ3) is 1.94. The Hall–Kier alpha value is -1.10. The number of hydrogen-bond acceptors (Lipinski definition) is 4. The summed E-state index contributed by atoms with van der Waals surface area (Å²) in [7, 11) is 0. The second kappa shape index (κ2) is 4.06. The third-order valence-electron chi connectivity index (χ3n) is 1.58. The van der Waals surface area contributed by atoms with Gasteiger partial charge in [-0.3, -0.25) is 4.79 Å². The van der Waals surface area contributed by atoms with E-state index in [2.05, 4.69) is 5.32 Å². The Bertz CT molecular complexity index is 193. The van der Waals surface area contributed by atoms with Crippen LogP contribution in [0.25, 0.3) is 0 Å². The number of ether oxygens (including phenoxy) is 1. The second-order valence-electron chi connectivity index (χ2n) is 2.42. The molecular formula is C7H12N2O3. The average molecular weight is 172 g/mol. The highest BCUT2D eigenvalue weighted by Gasteiger charge is 2.24. The minimum Gasteiger partial charge on any atom is -0.449 e. The van der Waals surface area contributed by atoms with Crippen molar-refractivity contribution in [2.75, 3.05) is 26.2 Å². The molecule has 0 aromatic rings. The van der Waals surface area contributed by atoms with Crippen LogP contribution < -0.4 is 5.32 Å². The first kappa shape index (κ1) is 8.99. The first-order chi connectivity index (χ1) is 5.75. The Kier molecular flexibility index (Phi) is 3.04. The van der Waals surface area contributed by atoms with Crippen molar-refractivity contribution in [2.45, 2.75) is 6.92 Å². The maximum absolute atomic E-state index is 11.1. The lowest BCUT2D eigenvalue weighted by atomic mass is 10.4. The molecule has 68 valence electrons. The Morgan fingerprint density at radius 3 is 3.08 bits per heavy atom. The van der Waals surface area contributed by atoms with E-state index in [1.807, 2.05) is 0 Å². The minimum absolute atomic E-state index is 0.221. The molecule has 1 aliphatic rings. The van der Waals surface area contributed by atoms with Gasteiger partial charge in [-0.2, -0.15) is 0 Å². The summed E-state index contributed by atoms with van der Waals surface area (Å²) in [6.07, 6.45) is -0.538. The van der Waals surface area contributed by atoms with Crippen LogP contribution in [-0.2, 0) is 9.53 Å². The molecule has 0 saturated carbocycles. The number of carbonyl (C=O) groups excluding carboxylic acids is 2. The van der Waals surface area contributed by atoms with Crippen molar-refractivity contribution in [1.29, 1.82) is 0 Å². The zero-order chi connectivity index (χ0) is 8.97. The SMILES string of the molecule is CCOC(=O)N1CCNCC1=O. The van der Waals surface area contributed by atoms with Crippen LogP contribution >= 0.6 is 0 Å². The van der Waals surface area contributed by atoms with Crippen LogP contribution in [-0.4, -0.2) is 43.1 Å². The van der Waals surface area contributed by atoms with Crippen LogP contribution in [0.3, 0.4) is 0 Å². The average Bonchev–Trinajstić information content (AvgIpc) is 2.05. The summed E-state index contributed by atoms with van der Waals surface area (Å²) in [5.41, 5.74) is 0. The molecule has 12 heavy (non-hydrogen) atoms. The van der Waals surface area contributed by atoms with E-state index >= 15 is 0 Å². The van der Waals surface area contributed by atoms with Crippen LogP contribution in [0.5, 0.6) is 0 Å². The van der Waals surface area contributed by atoms with E-state index in [0.717, 1.165) is 4.90 Å². The summed E-state index contributed by atoms with van der Waals surface area (Å²) < 4.78 is 4.69. The predicted octanol–water partition coefficient (Wildman–Crippen LogP) is -0.425. The predicted molar refractivity (Wildman–Crippen MR) is 41.6 cm³/mol. The maximum atomic E-state index is 11.1. The van der Waals surface area contributed by atoms with Crippen molar-refractivity contribution in [2.24, 2.45) is 0 Å². The number of hydrogen-bond donors (Lipinski definition) is 1. The summed E-state index contributed by atoms with van der Waals surface area (Å²) in [6, 6.07) is 0. The monoisotopic (exact) mass is 172 g/mol. The molecule has 1 fully saturated rings. The van der Waals surface area contributed by atoms with Gasteiger partial charge in [-0.05, 0) is 6.92 Å². The fourth-order valence-electron chi connectivity index (χ4n) is 1.00. The smallest absolute Gasteiger partial charge is 0.416 e. The van der Waals surface area contributed by atoms with Crippen molar-refractivity contribution in [1.82, 2.24) is 10.2 Å². The zero-order valence-electron chi connectivity index (χ0n) is 7.00. The van der Waals surface area contributed by atoms with Gasteiger partial charge in [-0.25, -0.2) is 9.69 Å². The second-order valence-corrected chi connectivity index (χ2v) is 2.42. The van der Waals surface area contributed by atoms with Gasteiger partial charge in [0, 0.05) is 13.1 Å². The van der Waals surface area contributed by atoms with E-state index in [9.17, 15) is 9.59 Å². The normalized spacial score (nSPS) is 17.8. The number of nitrogens with one attached hydrogen (secondary N) is 1. The van der Waals surface area contributed by atoms with Gasteiger partial charge in [-0.1, -0.05) is 0 Å². The number of piperazine rings is 1. The molecule has 1 saturated heterocycles. The number of imide groups is 1. The molecule has 1 N–H and O–H groups in total. The first-order valence-corrected chi connectivity index (χ1v) is 3.93. The summed E-state index contributed by atoms with van der Waals surface area (Å²) in [6.45, 7) is 3.28. The van der Waals surface area contributed by atoms with Gasteiger partial charge in [0.1, 0.15) is 0 Å². The van der Waals surface area contributed by atoms with Gasteiger partial charge >= 0.3 is 6.09 Å². The van der Waals surface area contributed by atoms with Crippen molar-refractivity contribution in [3.05, 3.63) is 0 Å². The van der Waals surface area contributed by atoms with Gasteiger partial charge in [0.2, 0.25) is 5.91 Å². The Balaban J connectivity index is 2.48. The highest BCUT2D eigenvalue weighted by atomic mass is 16.6. The molecule has 1 rings (SSSR count). The molecule has 1 heterocycles. The van der Waals surface area contributed by atoms with Crippen LogP contribution in [0.1, 0.15) is 6.92 Å². The molecule has 0 bridgehead atoms. The standard InChI is InChI=1S/C7H12N2O3/c1-2-12-7(11)9-4-3-8-5-6(9)10/h8H,2-5H2,1H3. The highest BCUT2D eigenvalue weighted by Crippen LogP contribution is 1.97. The van der Waals surface area contributed by atoms with E-state index in [1.165, 1.54) is 0 Å². The molecule has 5 nitrogen and oxygen atoms in total. The third-order valence-corrected chi connectivity index (χ3v) is 1.58. The lowest BCUT2D eigenvalue weighted by molar-refractivity contribution is -0.130. The van der Waals surface area contributed by atoms with Gasteiger partial charge in [0.05, 0.1) is 13.2 Å². The first-order valence-electron chi connectivity index (χ1n) is 3.93. The van der Waals surface area contributed by atoms with Crippen molar-refractivity contribution < 1.29 is 14.3 Å². The number of amides is 2. The Morgan fingerprint density at radius 1 is 1.75 bits per heavy atom. The fraction of sp³-hybridized carbons (Fsp3) is 0.714. The molecule has 1 aliphatic heterocycles. The molecule has 0 unspecified atom stereocenters. The molecule has 5 heteroatoms. The number of carbonyl (C=O) groups is 2. The van der Waals surface area contributed by atoms with Crippen molar-refractivity contribution >= 4 is 12.0 Å². The zero-order valence-corrected chi connectivity index (χ0v) is 7.00. The van der Waals surface area contributed by atoms with Crippen molar-refractivity contribution in [3.8, 4) is 0 Å². The van der Waals surface area contributed by atoms with Crippen molar-refractivity contribution in [3.63, 3.8) is 0 Å². The molecule has 0 aromatic carbocycles. The fourth-order valence-corrected chi connectivity index (χ4v) is 1.00. The summed E-state index contributed by atoms with van der Waals surface area (Å²) in [4.78, 5) is 23.3. The van der Waals surface area contributed by atoms with E-state index in [1.54, 1.807) is 6.92 Å². The van der Waals surface area contributed by atoms with Gasteiger partial charge < -0.3 is 10.1 Å². The van der Waals surface area contributed by atoms with Crippen LogP contribution in [0, 0.1) is 0 Å². The molecule has 2 amide bonds. The summed E-state index contributed by atoms with van der Waals surface area (Å²) in [5, 5.41) is 2.86. The molecular weight excluding hydrogens is 160 g/mol. The molecule has 0 atom stereocenters. The topological polar surface area (TPSA) is 58.6 Å². The maximum Gasteiger partial charge on any atom is 0.416 e. The summed E-state index contributed by atoms with van der Waals surface area (Å²) in [5.74, 6) is -0.222. The van der Waals surface area contributed by atoms with Crippen LogP contribution in [0.4, 0.5) is 4.79 Å². The lowest BCUT2D eigenvalue weighted by Gasteiger charge is -2.24. The van der Waals surface area contributed by atoms with Gasteiger partial charge in [-0.15, -0.1) is 0 Å². The van der Waals surface area contributed by atoms with Crippen LogP contribution in [0.2, 0.25) is 0 Å².